The number of carbonyl (C=O) groups is 3. The van der Waals surface area contributed by atoms with E-state index in [9.17, 15) is 32.7 Å². The van der Waals surface area contributed by atoms with Crippen LogP contribution in [0.2, 0.25) is 0 Å². The molecule has 0 spiro atoms. The fraction of sp³-hybridized carbons (Fsp3) is 0.400. The Kier molecular flexibility index (Phi) is 5.31. The van der Waals surface area contributed by atoms with Crippen LogP contribution in [0.5, 0.6) is 0 Å². The molecule has 1 aliphatic heterocycles. The summed E-state index contributed by atoms with van der Waals surface area (Å²) in [7, 11) is 0. The molecule has 1 fully saturated rings. The summed E-state index contributed by atoms with van der Waals surface area (Å²) in [4.78, 5) is 35.1. The number of hydrogen-bond donors (Lipinski definition) is 4. The lowest BCUT2D eigenvalue weighted by Gasteiger charge is -2.29. The topological polar surface area (TPSA) is 108 Å². The van der Waals surface area contributed by atoms with Crippen molar-refractivity contribution in [2.75, 3.05) is 0 Å². The van der Waals surface area contributed by atoms with Crippen LogP contribution in [0.1, 0.15) is 30.5 Å². The van der Waals surface area contributed by atoms with Crippen molar-refractivity contribution in [1.29, 1.82) is 0 Å². The number of amides is 2. The van der Waals surface area contributed by atoms with E-state index >= 15 is 0 Å². The molecule has 1 saturated heterocycles. The Morgan fingerprint density at radius 2 is 1.88 bits per heavy atom. The molecule has 0 aliphatic carbocycles. The number of aliphatic carboxylic acids is 1. The second-order valence-electron chi connectivity index (χ2n) is 5.61. The number of carboxylic acid groups (broad SMARTS) is 1. The van der Waals surface area contributed by atoms with E-state index in [1.54, 1.807) is 6.92 Å². The highest BCUT2D eigenvalue weighted by molar-refractivity contribution is 5.92. The predicted molar refractivity (Wildman–Crippen MR) is 79.1 cm³/mol. The average Bonchev–Trinajstić information content (AvgIpc) is 2.50. The van der Waals surface area contributed by atoms with Gasteiger partial charge in [0.2, 0.25) is 11.8 Å². The highest BCUT2D eigenvalue weighted by Gasteiger charge is 2.33. The zero-order chi connectivity index (χ0) is 18.8. The first-order valence-electron chi connectivity index (χ1n) is 7.33. The van der Waals surface area contributed by atoms with Gasteiger partial charge in [-0.15, -0.1) is 0 Å². The lowest BCUT2D eigenvalue weighted by atomic mass is 10.0. The molecule has 136 valence electrons. The van der Waals surface area contributed by atoms with Crippen LogP contribution < -0.4 is 16.0 Å². The van der Waals surface area contributed by atoms with E-state index in [2.05, 4.69) is 16.0 Å². The Balaban J connectivity index is 2.14. The fourth-order valence-electron chi connectivity index (χ4n) is 2.45. The molecule has 1 aromatic rings. The molecule has 0 bridgehead atoms. The van der Waals surface area contributed by atoms with Gasteiger partial charge in [0.25, 0.3) is 0 Å². The number of hydrogen-bond acceptors (Lipinski definition) is 4. The molecule has 4 N–H and O–H groups in total. The van der Waals surface area contributed by atoms with E-state index in [4.69, 9.17) is 0 Å². The van der Waals surface area contributed by atoms with Crippen LogP contribution in [0.15, 0.2) is 24.3 Å². The number of rotatable bonds is 4. The summed E-state index contributed by atoms with van der Waals surface area (Å²) < 4.78 is 37.7. The summed E-state index contributed by atoms with van der Waals surface area (Å²) in [6, 6.07) is 1.01. The first kappa shape index (κ1) is 18.7. The Morgan fingerprint density at radius 3 is 2.36 bits per heavy atom. The third-order valence-electron chi connectivity index (χ3n) is 3.64. The van der Waals surface area contributed by atoms with Gasteiger partial charge < -0.3 is 15.7 Å². The summed E-state index contributed by atoms with van der Waals surface area (Å²) in [5, 5.41) is 16.8. The van der Waals surface area contributed by atoms with E-state index in [0.29, 0.717) is 0 Å². The van der Waals surface area contributed by atoms with Crippen molar-refractivity contribution >= 4 is 17.8 Å². The fourth-order valence-corrected chi connectivity index (χ4v) is 2.45. The molecule has 1 heterocycles. The van der Waals surface area contributed by atoms with Crippen LogP contribution in [-0.2, 0) is 20.6 Å². The average molecular weight is 359 g/mol. The van der Waals surface area contributed by atoms with Crippen molar-refractivity contribution < 1.29 is 32.7 Å². The van der Waals surface area contributed by atoms with Gasteiger partial charge in [0.15, 0.2) is 6.04 Å². The second-order valence-corrected chi connectivity index (χ2v) is 5.61. The lowest BCUT2D eigenvalue weighted by Crippen LogP contribution is -2.60. The first-order chi connectivity index (χ1) is 11.6. The maximum Gasteiger partial charge on any atom is 0.416 e. The maximum absolute atomic E-state index is 12.6. The van der Waals surface area contributed by atoms with Crippen LogP contribution in [0.4, 0.5) is 13.2 Å². The molecule has 1 aromatic carbocycles. The third kappa shape index (κ3) is 4.69. The summed E-state index contributed by atoms with van der Waals surface area (Å²) in [5.41, 5.74) is -0.937. The van der Waals surface area contributed by atoms with Crippen LogP contribution in [-0.4, -0.2) is 35.1 Å². The molecule has 10 heteroatoms. The highest BCUT2D eigenvalue weighted by atomic mass is 19.4. The summed E-state index contributed by atoms with van der Waals surface area (Å²) in [6.07, 6.45) is -5.18. The standard InChI is InChI=1S/C15H16F3N3O4/c1-7-19-10(6-11(22)20-7)13(23)21-12(14(24)25)8-2-4-9(5-3-8)15(16,17)18/h2-5,7,10,12,19H,6H2,1H3,(H,20,22)(H,21,23)(H,24,25). The van der Waals surface area contributed by atoms with E-state index in [0.717, 1.165) is 24.3 Å². The van der Waals surface area contributed by atoms with Crippen molar-refractivity contribution in [2.24, 2.45) is 0 Å². The molecule has 3 atom stereocenters. The number of carboxylic acids is 1. The molecule has 0 radical (unpaired) electrons. The minimum Gasteiger partial charge on any atom is -0.479 e. The Morgan fingerprint density at radius 1 is 1.28 bits per heavy atom. The monoisotopic (exact) mass is 359 g/mol. The molecular weight excluding hydrogens is 343 g/mol. The molecule has 2 rings (SSSR count). The minimum absolute atomic E-state index is 0.0119. The quantitative estimate of drug-likeness (QED) is 0.635. The van der Waals surface area contributed by atoms with Crippen molar-refractivity contribution in [1.82, 2.24) is 16.0 Å². The normalized spacial score (nSPS) is 22.0. The van der Waals surface area contributed by atoms with Gasteiger partial charge in [-0.3, -0.25) is 14.9 Å². The number of halogens is 3. The molecule has 0 aromatic heterocycles. The Labute approximate surface area is 140 Å². The molecule has 0 saturated carbocycles. The largest absolute Gasteiger partial charge is 0.479 e. The molecule has 25 heavy (non-hydrogen) atoms. The smallest absolute Gasteiger partial charge is 0.416 e. The Hall–Kier alpha value is -2.62. The van der Waals surface area contributed by atoms with Crippen molar-refractivity contribution in [3.8, 4) is 0 Å². The number of alkyl halides is 3. The molecule has 3 unspecified atom stereocenters. The van der Waals surface area contributed by atoms with Crippen molar-refractivity contribution in [3.05, 3.63) is 35.4 Å². The molecular formula is C15H16F3N3O4. The first-order valence-corrected chi connectivity index (χ1v) is 7.33. The predicted octanol–water partition coefficient (Wildman–Crippen LogP) is 0.771. The zero-order valence-corrected chi connectivity index (χ0v) is 13.1. The van der Waals surface area contributed by atoms with Gasteiger partial charge in [-0.05, 0) is 24.6 Å². The molecule has 2 amide bonds. The van der Waals surface area contributed by atoms with E-state index < -0.39 is 41.9 Å². The lowest BCUT2D eigenvalue weighted by molar-refractivity contribution is -0.142. The van der Waals surface area contributed by atoms with Crippen LogP contribution >= 0.6 is 0 Å². The van der Waals surface area contributed by atoms with Crippen LogP contribution in [0.3, 0.4) is 0 Å². The van der Waals surface area contributed by atoms with E-state index in [1.807, 2.05) is 0 Å². The SMILES string of the molecule is CC1NC(=O)CC(C(=O)NC(C(=O)O)c2ccc(C(F)(F)F)cc2)N1. The van der Waals surface area contributed by atoms with E-state index in [-0.39, 0.29) is 17.9 Å². The summed E-state index contributed by atoms with van der Waals surface area (Å²) in [5.74, 6) is -2.52. The third-order valence-corrected chi connectivity index (χ3v) is 3.64. The number of nitrogens with one attached hydrogen (secondary N) is 3. The van der Waals surface area contributed by atoms with E-state index in [1.165, 1.54) is 0 Å². The van der Waals surface area contributed by atoms with Gasteiger partial charge in [-0.25, -0.2) is 4.79 Å². The minimum atomic E-state index is -4.55. The van der Waals surface area contributed by atoms with Gasteiger partial charge in [0.05, 0.1) is 24.2 Å². The molecule has 1 aliphatic rings. The van der Waals surface area contributed by atoms with Gasteiger partial charge in [0, 0.05) is 0 Å². The summed E-state index contributed by atoms with van der Waals surface area (Å²) in [6.45, 7) is 1.61. The van der Waals surface area contributed by atoms with Crippen molar-refractivity contribution in [2.45, 2.75) is 37.8 Å². The molecule has 7 nitrogen and oxygen atoms in total. The van der Waals surface area contributed by atoms with Gasteiger partial charge in [0.1, 0.15) is 0 Å². The highest BCUT2D eigenvalue weighted by Crippen LogP contribution is 2.30. The summed E-state index contributed by atoms with van der Waals surface area (Å²) >= 11 is 0. The maximum atomic E-state index is 12.6. The van der Waals surface area contributed by atoms with Gasteiger partial charge in [-0.2, -0.15) is 13.2 Å². The van der Waals surface area contributed by atoms with Gasteiger partial charge >= 0.3 is 12.1 Å². The Bertz CT molecular complexity index is 676. The van der Waals surface area contributed by atoms with Crippen LogP contribution in [0.25, 0.3) is 0 Å². The van der Waals surface area contributed by atoms with Gasteiger partial charge in [-0.1, -0.05) is 12.1 Å². The number of benzene rings is 1. The second kappa shape index (κ2) is 7.09. The van der Waals surface area contributed by atoms with Crippen LogP contribution in [0, 0.1) is 0 Å². The number of carbonyl (C=O) groups excluding carboxylic acids is 2. The van der Waals surface area contributed by atoms with Crippen molar-refractivity contribution in [3.63, 3.8) is 0 Å². The zero-order valence-electron chi connectivity index (χ0n) is 13.1.